The van der Waals surface area contributed by atoms with Crippen LogP contribution in [-0.4, -0.2) is 44.3 Å². The van der Waals surface area contributed by atoms with Crippen LogP contribution >= 0.6 is 0 Å². The summed E-state index contributed by atoms with van der Waals surface area (Å²) in [6.45, 7) is 4.33. The van der Waals surface area contributed by atoms with Crippen molar-refractivity contribution >= 4 is 23.9 Å². The van der Waals surface area contributed by atoms with Gasteiger partial charge in [-0.15, -0.1) is 0 Å². The van der Waals surface area contributed by atoms with E-state index in [-0.39, 0.29) is 0 Å². The van der Waals surface area contributed by atoms with Crippen LogP contribution in [0.1, 0.15) is 27.7 Å². The SMILES string of the molecule is CC(=O)O.CC(=O)O.CC(=O)O.CC(=O)O.[Cr]#[Mo]. The second kappa shape index (κ2) is 29.8. The van der Waals surface area contributed by atoms with Crippen molar-refractivity contribution in [2.45, 2.75) is 27.7 Å². The summed E-state index contributed by atoms with van der Waals surface area (Å²) in [5.74, 6) is -3.33. The fourth-order valence-electron chi connectivity index (χ4n) is 0. The van der Waals surface area contributed by atoms with Crippen molar-refractivity contribution in [1.82, 2.24) is 0 Å². The Morgan fingerprint density at radius 3 is 0.611 bits per heavy atom. The summed E-state index contributed by atoms with van der Waals surface area (Å²) >= 11 is 4.46. The van der Waals surface area contributed by atoms with Gasteiger partial charge in [-0.05, 0) is 0 Å². The zero-order chi connectivity index (χ0) is 16.3. The fourth-order valence-corrected chi connectivity index (χ4v) is 0. The number of hydrogen-bond acceptors (Lipinski definition) is 4. The van der Waals surface area contributed by atoms with Gasteiger partial charge in [0.2, 0.25) is 0 Å². The maximum atomic E-state index is 9.00. The van der Waals surface area contributed by atoms with Gasteiger partial charge in [-0.25, -0.2) is 0 Å². The number of carboxylic acid groups (broad SMARTS) is 4. The van der Waals surface area contributed by atoms with Crippen LogP contribution in [0.2, 0.25) is 0 Å². The standard InChI is InChI=1S/4C2H4O2.Cr.Mo/c4*1-2(3)4;;/h4*1H3,(H,3,4);;. The first-order valence-electron chi connectivity index (χ1n) is 3.88. The predicted molar refractivity (Wildman–Crippen MR) is 53.2 cm³/mol. The Morgan fingerprint density at radius 1 is 0.611 bits per heavy atom. The fraction of sp³-hybridized carbons (Fsp3) is 0.500. The molecule has 0 atom stereocenters. The summed E-state index contributed by atoms with van der Waals surface area (Å²) in [7, 11) is 0. The number of carbonyl (C=O) groups is 4. The third kappa shape index (κ3) is 3710. The van der Waals surface area contributed by atoms with Gasteiger partial charge in [-0.2, -0.15) is 0 Å². The van der Waals surface area contributed by atoms with Crippen LogP contribution in [-0.2, 0) is 48.8 Å². The molecule has 0 spiro atoms. The van der Waals surface area contributed by atoms with E-state index in [1.807, 2.05) is 16.8 Å². The Balaban J connectivity index is -0.0000000399. The van der Waals surface area contributed by atoms with E-state index in [2.05, 4.69) is 12.8 Å². The molecule has 0 amide bonds. The number of carboxylic acids is 4. The molecule has 0 saturated carbocycles. The third-order valence-electron chi connectivity index (χ3n) is 0. The first-order valence-corrected chi connectivity index (χ1v) is 7.78. The molecule has 108 valence electrons. The Morgan fingerprint density at radius 2 is 0.611 bits per heavy atom. The molecular formula is C8H16CrMoO8. The number of aliphatic carboxylic acids is 4. The predicted octanol–water partition coefficient (Wildman–Crippen LogP) is 0.359. The van der Waals surface area contributed by atoms with Crippen molar-refractivity contribution in [3.63, 3.8) is 0 Å². The van der Waals surface area contributed by atoms with E-state index < -0.39 is 23.9 Å². The molecule has 0 radical (unpaired) electrons. The molecule has 0 bridgehead atoms. The molecule has 4 N–H and O–H groups in total. The average Bonchev–Trinajstić information content (AvgIpc) is 2.01. The zero-order valence-electron chi connectivity index (χ0n) is 10.2. The van der Waals surface area contributed by atoms with E-state index in [1.54, 1.807) is 0 Å². The van der Waals surface area contributed by atoms with Gasteiger partial charge in [0, 0.05) is 27.7 Å². The molecule has 0 unspecified atom stereocenters. The van der Waals surface area contributed by atoms with E-state index >= 15 is 0 Å². The monoisotopic (exact) mass is 390 g/mol. The molecule has 0 saturated heterocycles. The molecule has 0 fully saturated rings. The van der Waals surface area contributed by atoms with E-state index in [4.69, 9.17) is 39.6 Å². The van der Waals surface area contributed by atoms with Gasteiger partial charge < -0.3 is 20.4 Å². The van der Waals surface area contributed by atoms with Crippen molar-refractivity contribution < 1.29 is 69.2 Å². The van der Waals surface area contributed by atoms with Crippen molar-refractivity contribution in [3.05, 3.63) is 0 Å². The first-order chi connectivity index (χ1) is 7.93. The molecule has 0 aliphatic carbocycles. The van der Waals surface area contributed by atoms with Crippen LogP contribution in [0.15, 0.2) is 0 Å². The third-order valence-corrected chi connectivity index (χ3v) is 0. The molecular weight excluding hydrogens is 372 g/mol. The van der Waals surface area contributed by atoms with Crippen molar-refractivity contribution in [1.29, 1.82) is 0 Å². The molecule has 18 heavy (non-hydrogen) atoms. The van der Waals surface area contributed by atoms with Crippen LogP contribution in [0.5, 0.6) is 0 Å². The van der Waals surface area contributed by atoms with E-state index in [0.717, 1.165) is 27.7 Å². The zero-order valence-corrected chi connectivity index (χ0v) is 13.5. The van der Waals surface area contributed by atoms with Crippen molar-refractivity contribution in [3.8, 4) is 0 Å². The summed E-state index contributed by atoms with van der Waals surface area (Å²) in [4.78, 5) is 36.0. The van der Waals surface area contributed by atoms with Crippen LogP contribution in [0.4, 0.5) is 0 Å². The van der Waals surface area contributed by atoms with Gasteiger partial charge >= 0.3 is 29.6 Å². The Hall–Kier alpha value is -0.899. The molecule has 0 aromatic rings. The van der Waals surface area contributed by atoms with Crippen LogP contribution in [0.25, 0.3) is 0 Å². The number of hydrogen-bond donors (Lipinski definition) is 4. The van der Waals surface area contributed by atoms with E-state index in [1.165, 1.54) is 0 Å². The molecule has 0 aromatic heterocycles. The molecule has 8 nitrogen and oxygen atoms in total. The Labute approximate surface area is 121 Å². The van der Waals surface area contributed by atoms with E-state index in [9.17, 15) is 0 Å². The van der Waals surface area contributed by atoms with Crippen molar-refractivity contribution in [2.24, 2.45) is 0 Å². The molecule has 0 rings (SSSR count). The molecule has 0 aliphatic heterocycles. The van der Waals surface area contributed by atoms with Crippen molar-refractivity contribution in [2.75, 3.05) is 0 Å². The first kappa shape index (κ1) is 30.3. The topological polar surface area (TPSA) is 149 Å². The van der Waals surface area contributed by atoms with Gasteiger partial charge in [-0.1, -0.05) is 0 Å². The minimum absolute atomic E-state index is 0.833. The van der Waals surface area contributed by atoms with Crippen LogP contribution < -0.4 is 0 Å². The van der Waals surface area contributed by atoms with Gasteiger partial charge in [0.15, 0.2) is 0 Å². The van der Waals surface area contributed by atoms with Gasteiger partial charge in [0.05, 0.1) is 0 Å². The average molecular weight is 388 g/mol. The summed E-state index contributed by atoms with van der Waals surface area (Å²) in [6, 6.07) is 0. The van der Waals surface area contributed by atoms with Crippen LogP contribution in [0, 0.1) is 0 Å². The van der Waals surface area contributed by atoms with E-state index in [0.29, 0.717) is 0 Å². The quantitative estimate of drug-likeness (QED) is 0.435. The maximum absolute atomic E-state index is 9.00. The van der Waals surface area contributed by atoms with Gasteiger partial charge in [-0.3, -0.25) is 19.2 Å². The normalized spacial score (nSPS) is 5.67. The van der Waals surface area contributed by atoms with Crippen LogP contribution in [0.3, 0.4) is 0 Å². The second-order valence-electron chi connectivity index (χ2n) is 2.08. The summed E-state index contributed by atoms with van der Waals surface area (Å²) in [5.41, 5.74) is 0. The molecule has 0 aliphatic rings. The molecule has 10 heteroatoms. The second-order valence-corrected chi connectivity index (χ2v) is 2.08. The summed E-state index contributed by atoms with van der Waals surface area (Å²) in [6.07, 6.45) is 0. The molecule has 0 heterocycles. The summed E-state index contributed by atoms with van der Waals surface area (Å²) < 4.78 is 0. The molecule has 0 aromatic carbocycles. The number of rotatable bonds is 0. The van der Waals surface area contributed by atoms with Gasteiger partial charge in [0.25, 0.3) is 23.9 Å². The summed E-state index contributed by atoms with van der Waals surface area (Å²) in [5, 5.41) is 29.7. The Bertz CT molecular complexity index is 199. The minimum atomic E-state index is -0.833. The Kier molecular flexibility index (Phi) is 50.1. The van der Waals surface area contributed by atoms with Gasteiger partial charge in [0.1, 0.15) is 0 Å².